The van der Waals surface area contributed by atoms with Crippen LogP contribution >= 0.6 is 46.5 Å². The predicted molar refractivity (Wildman–Crippen MR) is 169 cm³/mol. The van der Waals surface area contributed by atoms with E-state index in [1.165, 1.54) is 22.7 Å². The first kappa shape index (κ1) is 26.8. The van der Waals surface area contributed by atoms with Crippen LogP contribution in [0.15, 0.2) is 110 Å². The van der Waals surface area contributed by atoms with Gasteiger partial charge in [0, 0.05) is 38.4 Å². The van der Waals surface area contributed by atoms with Crippen LogP contribution in [0, 0.1) is 0 Å². The van der Waals surface area contributed by atoms with Gasteiger partial charge in [-0.2, -0.15) is 0 Å². The van der Waals surface area contributed by atoms with Crippen LogP contribution in [0.4, 0.5) is 5.69 Å². The first-order valence-electron chi connectivity index (χ1n) is 12.6. The second-order valence-corrected chi connectivity index (χ2v) is 12.9. The van der Waals surface area contributed by atoms with E-state index in [4.69, 9.17) is 21.3 Å². The molecule has 200 valence electrons. The number of hydrogen-bond acceptors (Lipinski definition) is 6. The quantitative estimate of drug-likeness (QED) is 0.180. The maximum absolute atomic E-state index is 13.7. The van der Waals surface area contributed by atoms with Crippen LogP contribution in [0.1, 0.15) is 10.4 Å². The van der Waals surface area contributed by atoms with Gasteiger partial charge in [-0.05, 0) is 96.6 Å². The van der Waals surface area contributed by atoms with Gasteiger partial charge in [0.25, 0.3) is 5.91 Å². The van der Waals surface area contributed by atoms with Crippen LogP contribution in [-0.2, 0) is 11.2 Å². The van der Waals surface area contributed by atoms with Crippen LogP contribution < -0.4 is 4.74 Å². The second-order valence-electron chi connectivity index (χ2n) is 8.98. The van der Waals surface area contributed by atoms with Gasteiger partial charge in [-0.25, -0.2) is 4.99 Å². The Morgan fingerprint density at radius 1 is 1.02 bits per heavy atom. The molecule has 1 saturated heterocycles. The number of fused-ring (bicyclic) bond motifs is 1. The van der Waals surface area contributed by atoms with E-state index in [1.807, 2.05) is 72.9 Å². The number of amides is 1. The summed E-state index contributed by atoms with van der Waals surface area (Å²) in [6.07, 6.45) is 4.71. The number of hydrogen-bond donors (Lipinski definition) is 1. The van der Waals surface area contributed by atoms with Crippen molar-refractivity contribution in [3.8, 4) is 5.75 Å². The zero-order chi connectivity index (χ0) is 27.5. The summed E-state index contributed by atoms with van der Waals surface area (Å²) < 4.78 is 6.43. The minimum atomic E-state index is -0.0302. The molecule has 2 aromatic heterocycles. The van der Waals surface area contributed by atoms with E-state index >= 15 is 0 Å². The first-order chi connectivity index (χ1) is 19.6. The molecule has 0 spiro atoms. The number of methoxy groups -OCH3 is 1. The molecule has 1 N–H and O–H groups in total. The van der Waals surface area contributed by atoms with Crippen molar-refractivity contribution in [1.82, 2.24) is 9.88 Å². The van der Waals surface area contributed by atoms with Gasteiger partial charge >= 0.3 is 0 Å². The number of para-hydroxylation sites is 1. The number of ether oxygens (including phenoxy) is 1. The van der Waals surface area contributed by atoms with Crippen molar-refractivity contribution < 1.29 is 9.53 Å². The summed E-state index contributed by atoms with van der Waals surface area (Å²) in [5, 5.41) is 2.57. The molecule has 0 bridgehead atoms. The van der Waals surface area contributed by atoms with Crippen molar-refractivity contribution in [3.05, 3.63) is 111 Å². The molecule has 3 heterocycles. The number of carbonyl (C=O) groups excluding carboxylic acids is 1. The van der Waals surface area contributed by atoms with Gasteiger partial charge < -0.3 is 9.72 Å². The fourth-order valence-corrected chi connectivity index (χ4v) is 7.62. The predicted octanol–water partition coefficient (Wildman–Crippen LogP) is 8.89. The van der Waals surface area contributed by atoms with Gasteiger partial charge in [0.1, 0.15) is 5.75 Å². The normalized spacial score (nSPS) is 15.6. The highest BCUT2D eigenvalue weighted by Crippen LogP contribution is 2.38. The van der Waals surface area contributed by atoms with E-state index < -0.39 is 0 Å². The lowest BCUT2D eigenvalue weighted by Gasteiger charge is -2.15. The second kappa shape index (κ2) is 12.0. The highest BCUT2D eigenvalue weighted by Gasteiger charge is 2.33. The zero-order valence-corrected chi connectivity index (χ0v) is 24.7. The molecular formula is C31H24ClN3O2S3. The zero-order valence-electron chi connectivity index (χ0n) is 21.5. The summed E-state index contributed by atoms with van der Waals surface area (Å²) in [4.78, 5) is 26.5. The van der Waals surface area contributed by atoms with E-state index in [9.17, 15) is 4.79 Å². The molecule has 0 radical (unpaired) electrons. The summed E-state index contributed by atoms with van der Waals surface area (Å²) in [6.45, 7) is 0.530. The topological polar surface area (TPSA) is 57.7 Å². The summed E-state index contributed by atoms with van der Waals surface area (Å²) in [5.41, 5.74) is 3.04. The van der Waals surface area contributed by atoms with E-state index in [2.05, 4.69) is 29.2 Å². The number of thioether (sulfide) groups is 1. The highest BCUT2D eigenvalue weighted by molar-refractivity contribution is 8.18. The van der Waals surface area contributed by atoms with Crippen LogP contribution in [0.2, 0.25) is 5.02 Å². The molecule has 5 nitrogen and oxygen atoms in total. The van der Waals surface area contributed by atoms with E-state index in [0.29, 0.717) is 23.0 Å². The molecule has 1 fully saturated rings. The molecule has 0 unspecified atom stereocenters. The Bertz CT molecular complexity index is 1720. The molecule has 0 aliphatic carbocycles. The first-order valence-corrected chi connectivity index (χ1v) is 15.4. The Hall–Kier alpha value is -3.43. The number of H-pyrrole nitrogens is 1. The average Bonchev–Trinajstić information content (AvgIpc) is 3.67. The van der Waals surface area contributed by atoms with Crippen LogP contribution in [0.25, 0.3) is 17.0 Å². The van der Waals surface area contributed by atoms with Gasteiger partial charge in [-0.1, -0.05) is 41.6 Å². The number of thiophene rings is 1. The number of nitrogens with one attached hydrogen (secondary N) is 1. The standard InChI is InChI=1S/C31H24ClN3O2S3/c1-37-23-10-8-22(9-11-23)34-31-35(17-16-20-19-33-27-5-3-2-4-26(20)27)30(36)28(40-31)18-25-14-15-29(39-25)38-24-12-6-21(32)7-13-24/h2-15,18-19,33H,16-17H2,1H3/b28-18-,34-31?. The van der Waals surface area contributed by atoms with Crippen LogP contribution in [0.3, 0.4) is 0 Å². The third kappa shape index (κ3) is 6.00. The molecule has 40 heavy (non-hydrogen) atoms. The lowest BCUT2D eigenvalue weighted by atomic mass is 10.1. The SMILES string of the molecule is COc1ccc(N=C2S/C(=C\c3ccc(Sc4ccc(Cl)cc4)s3)C(=O)N2CCc2c[nH]c3ccccc23)cc1. The van der Waals surface area contributed by atoms with Crippen molar-refractivity contribution in [2.75, 3.05) is 13.7 Å². The number of benzene rings is 3. The minimum absolute atomic E-state index is 0.0302. The molecule has 1 aliphatic heterocycles. The molecule has 9 heteroatoms. The minimum Gasteiger partial charge on any atom is -0.497 e. The fraction of sp³-hybridized carbons (Fsp3) is 0.0968. The molecule has 1 aliphatic rings. The van der Waals surface area contributed by atoms with Crippen molar-refractivity contribution in [2.45, 2.75) is 15.5 Å². The molecule has 5 aromatic rings. The number of aliphatic imine (C=N–C) groups is 1. The number of nitrogens with zero attached hydrogens (tertiary/aromatic N) is 2. The fourth-order valence-electron chi connectivity index (χ4n) is 4.34. The van der Waals surface area contributed by atoms with Crippen molar-refractivity contribution in [3.63, 3.8) is 0 Å². The summed E-state index contributed by atoms with van der Waals surface area (Å²) in [7, 11) is 1.64. The summed E-state index contributed by atoms with van der Waals surface area (Å²) in [6, 6.07) is 27.7. The number of rotatable bonds is 8. The molecule has 3 aromatic carbocycles. The maximum Gasteiger partial charge on any atom is 0.266 e. The Balaban J connectivity index is 1.25. The lowest BCUT2D eigenvalue weighted by molar-refractivity contribution is -0.122. The van der Waals surface area contributed by atoms with Gasteiger partial charge in [0.05, 0.1) is 21.9 Å². The number of aromatic nitrogens is 1. The van der Waals surface area contributed by atoms with Crippen LogP contribution in [-0.4, -0.2) is 34.6 Å². The van der Waals surface area contributed by atoms with Crippen molar-refractivity contribution in [2.24, 2.45) is 4.99 Å². The van der Waals surface area contributed by atoms with Crippen molar-refractivity contribution >= 4 is 80.2 Å². The summed E-state index contributed by atoms with van der Waals surface area (Å²) in [5.74, 6) is 0.734. The third-order valence-corrected chi connectivity index (χ3v) is 9.80. The monoisotopic (exact) mass is 601 g/mol. The molecule has 6 rings (SSSR count). The molecule has 0 saturated carbocycles. The van der Waals surface area contributed by atoms with Gasteiger partial charge in [-0.15, -0.1) is 11.3 Å². The lowest BCUT2D eigenvalue weighted by Crippen LogP contribution is -2.31. The number of carbonyl (C=O) groups is 1. The molecular weight excluding hydrogens is 578 g/mol. The number of aromatic amines is 1. The Morgan fingerprint density at radius 2 is 1.82 bits per heavy atom. The average molecular weight is 602 g/mol. The van der Waals surface area contributed by atoms with E-state index in [1.54, 1.807) is 35.1 Å². The summed E-state index contributed by atoms with van der Waals surface area (Å²) >= 11 is 10.8. The smallest absolute Gasteiger partial charge is 0.266 e. The van der Waals surface area contributed by atoms with Crippen molar-refractivity contribution in [1.29, 1.82) is 0 Å². The molecule has 1 amide bonds. The van der Waals surface area contributed by atoms with Gasteiger partial charge in [-0.3, -0.25) is 9.69 Å². The Morgan fingerprint density at radius 3 is 2.62 bits per heavy atom. The largest absolute Gasteiger partial charge is 0.497 e. The Labute approximate surface area is 249 Å². The van der Waals surface area contributed by atoms with Gasteiger partial charge in [0.15, 0.2) is 5.17 Å². The maximum atomic E-state index is 13.7. The van der Waals surface area contributed by atoms with E-state index in [0.717, 1.165) is 36.0 Å². The highest BCUT2D eigenvalue weighted by atomic mass is 35.5. The number of halogens is 1. The van der Waals surface area contributed by atoms with E-state index in [-0.39, 0.29) is 5.91 Å². The number of amidine groups is 1. The van der Waals surface area contributed by atoms with Gasteiger partial charge in [0.2, 0.25) is 0 Å². The van der Waals surface area contributed by atoms with Crippen LogP contribution in [0.5, 0.6) is 5.75 Å². The molecule has 0 atom stereocenters. The Kier molecular flexibility index (Phi) is 8.02. The third-order valence-electron chi connectivity index (χ3n) is 6.37.